The first-order valence-electron chi connectivity index (χ1n) is 4.63. The Morgan fingerprint density at radius 2 is 1.53 bits per heavy atom. The minimum Gasteiger partial charge on any atom is -0.152 e. The van der Waals surface area contributed by atoms with Gasteiger partial charge >= 0.3 is 0 Å². The normalized spacial score (nSPS) is 9.87. The second kappa shape index (κ2) is 4.75. The quantitative estimate of drug-likeness (QED) is 0.785. The van der Waals surface area contributed by atoms with Crippen LogP contribution in [0.3, 0.4) is 0 Å². The zero-order chi connectivity index (χ0) is 10.5. The molecule has 0 spiro atoms. The Morgan fingerprint density at radius 3 is 2.27 bits per heavy atom. The molecular formula is C12H11N2S+. The van der Waals surface area contributed by atoms with Crippen LogP contribution < -0.4 is 5.53 Å². The molecule has 0 radical (unpaired) electrons. The SMILES string of the molecule is [NH2+]=Nc1ccccc1Sc1ccccc1. The van der Waals surface area contributed by atoms with E-state index in [1.807, 2.05) is 42.5 Å². The molecule has 2 aromatic carbocycles. The Hall–Kier alpha value is -1.61. The van der Waals surface area contributed by atoms with Crippen molar-refractivity contribution in [2.75, 3.05) is 0 Å². The maximum Gasteiger partial charge on any atom is 0.143 e. The predicted molar refractivity (Wildman–Crippen MR) is 61.0 cm³/mol. The van der Waals surface area contributed by atoms with E-state index in [0.717, 1.165) is 10.6 Å². The van der Waals surface area contributed by atoms with Crippen LogP contribution in [-0.2, 0) is 0 Å². The molecule has 15 heavy (non-hydrogen) atoms. The summed E-state index contributed by atoms with van der Waals surface area (Å²) in [5.74, 6) is 0. The lowest BCUT2D eigenvalue weighted by molar-refractivity contribution is -0.210. The van der Waals surface area contributed by atoms with Crippen LogP contribution in [0.5, 0.6) is 0 Å². The molecule has 0 saturated heterocycles. The zero-order valence-electron chi connectivity index (χ0n) is 8.13. The predicted octanol–water partition coefficient (Wildman–Crippen LogP) is 2.68. The van der Waals surface area contributed by atoms with Crippen LogP contribution in [0.1, 0.15) is 0 Å². The molecule has 2 rings (SSSR count). The van der Waals surface area contributed by atoms with Gasteiger partial charge in [-0.1, -0.05) is 42.1 Å². The van der Waals surface area contributed by atoms with E-state index in [2.05, 4.69) is 17.2 Å². The molecule has 0 aliphatic carbocycles. The lowest BCUT2D eigenvalue weighted by Gasteiger charge is -2.01. The topological polar surface area (TPSA) is 38.0 Å². The Bertz CT molecular complexity index is 454. The molecule has 0 aliphatic heterocycles. The molecule has 0 aromatic heterocycles. The highest BCUT2D eigenvalue weighted by Crippen LogP contribution is 2.33. The van der Waals surface area contributed by atoms with E-state index in [1.165, 1.54) is 4.90 Å². The second-order valence-corrected chi connectivity index (χ2v) is 4.13. The fraction of sp³-hybridized carbons (Fsp3) is 0. The highest BCUT2D eigenvalue weighted by molar-refractivity contribution is 7.99. The zero-order valence-corrected chi connectivity index (χ0v) is 8.95. The highest BCUT2D eigenvalue weighted by atomic mass is 32.2. The van der Waals surface area contributed by atoms with Crippen LogP contribution in [0.25, 0.3) is 0 Å². The first-order chi connectivity index (χ1) is 7.40. The molecule has 74 valence electrons. The van der Waals surface area contributed by atoms with Crippen LogP contribution in [0.4, 0.5) is 5.69 Å². The Kier molecular flexibility index (Phi) is 3.15. The minimum atomic E-state index is 0.825. The van der Waals surface area contributed by atoms with Gasteiger partial charge in [-0.15, -0.1) is 0 Å². The number of rotatable bonds is 3. The van der Waals surface area contributed by atoms with E-state index in [-0.39, 0.29) is 0 Å². The number of nitrogens with two attached hydrogens (primary N) is 1. The van der Waals surface area contributed by atoms with Crippen molar-refractivity contribution in [1.82, 2.24) is 0 Å². The lowest BCUT2D eigenvalue weighted by Crippen LogP contribution is -2.22. The molecule has 3 heteroatoms. The van der Waals surface area contributed by atoms with Gasteiger partial charge in [0, 0.05) is 9.79 Å². The summed E-state index contributed by atoms with van der Waals surface area (Å²) < 4.78 is 0. The lowest BCUT2D eigenvalue weighted by atomic mass is 10.3. The van der Waals surface area contributed by atoms with E-state index in [9.17, 15) is 0 Å². The first kappa shape index (κ1) is 9.93. The molecule has 0 fully saturated rings. The summed E-state index contributed by atoms with van der Waals surface area (Å²) in [4.78, 5) is 2.26. The van der Waals surface area contributed by atoms with Gasteiger partial charge in [0.15, 0.2) is 0 Å². The van der Waals surface area contributed by atoms with Crippen molar-refractivity contribution < 1.29 is 5.53 Å². The smallest absolute Gasteiger partial charge is 0.143 e. The van der Waals surface area contributed by atoms with Crippen molar-refractivity contribution in [2.45, 2.75) is 9.79 Å². The Labute approximate surface area is 92.8 Å². The van der Waals surface area contributed by atoms with Gasteiger partial charge in [0.1, 0.15) is 5.69 Å². The summed E-state index contributed by atoms with van der Waals surface area (Å²) in [7, 11) is 0. The minimum absolute atomic E-state index is 0.825. The van der Waals surface area contributed by atoms with Crippen LogP contribution >= 0.6 is 11.8 Å². The van der Waals surface area contributed by atoms with E-state index in [1.54, 1.807) is 11.8 Å². The maximum atomic E-state index is 5.32. The van der Waals surface area contributed by atoms with Crippen LogP contribution in [0.15, 0.2) is 69.5 Å². The van der Waals surface area contributed by atoms with Gasteiger partial charge in [0.05, 0.1) is 0 Å². The average molecular weight is 215 g/mol. The third-order valence-electron chi connectivity index (χ3n) is 1.98. The van der Waals surface area contributed by atoms with Gasteiger partial charge in [-0.05, 0) is 29.4 Å². The molecule has 0 amide bonds. The molecule has 0 bridgehead atoms. The molecule has 2 N–H and O–H groups in total. The Morgan fingerprint density at radius 1 is 0.867 bits per heavy atom. The third kappa shape index (κ3) is 2.44. The average Bonchev–Trinajstić information content (AvgIpc) is 2.31. The maximum absolute atomic E-state index is 5.32. The van der Waals surface area contributed by atoms with Crippen molar-refractivity contribution in [3.8, 4) is 0 Å². The second-order valence-electron chi connectivity index (χ2n) is 3.01. The van der Waals surface area contributed by atoms with Gasteiger partial charge < -0.3 is 0 Å². The van der Waals surface area contributed by atoms with Crippen LogP contribution in [0.2, 0.25) is 0 Å². The molecule has 0 heterocycles. The monoisotopic (exact) mass is 215 g/mol. The van der Waals surface area contributed by atoms with Crippen LogP contribution in [0, 0.1) is 0 Å². The molecule has 0 atom stereocenters. The third-order valence-corrected chi connectivity index (χ3v) is 3.05. The van der Waals surface area contributed by atoms with E-state index >= 15 is 0 Å². The largest absolute Gasteiger partial charge is 0.152 e. The molecule has 0 aliphatic rings. The number of nitrogens with zero attached hydrogens (tertiary/aromatic N) is 1. The summed E-state index contributed by atoms with van der Waals surface area (Å²) >= 11 is 1.67. The molecular weight excluding hydrogens is 204 g/mol. The molecule has 0 unspecified atom stereocenters. The van der Waals surface area contributed by atoms with Crippen molar-refractivity contribution >= 4 is 17.4 Å². The molecule has 0 saturated carbocycles. The van der Waals surface area contributed by atoms with Gasteiger partial charge in [-0.2, -0.15) is 5.53 Å². The number of benzene rings is 2. The van der Waals surface area contributed by atoms with Crippen LogP contribution in [-0.4, -0.2) is 0 Å². The molecule has 2 aromatic rings. The summed E-state index contributed by atoms with van der Waals surface area (Å²) in [6.07, 6.45) is 0. The molecule has 2 nitrogen and oxygen atoms in total. The summed E-state index contributed by atoms with van der Waals surface area (Å²) in [5.41, 5.74) is 6.14. The summed E-state index contributed by atoms with van der Waals surface area (Å²) in [6.45, 7) is 0. The summed E-state index contributed by atoms with van der Waals surface area (Å²) in [6, 6.07) is 18.0. The van der Waals surface area contributed by atoms with Crippen molar-refractivity contribution in [3.05, 3.63) is 54.6 Å². The van der Waals surface area contributed by atoms with Crippen molar-refractivity contribution in [3.63, 3.8) is 0 Å². The highest BCUT2D eigenvalue weighted by Gasteiger charge is 2.03. The van der Waals surface area contributed by atoms with E-state index in [4.69, 9.17) is 5.53 Å². The van der Waals surface area contributed by atoms with Crippen molar-refractivity contribution in [1.29, 1.82) is 0 Å². The summed E-state index contributed by atoms with van der Waals surface area (Å²) in [5, 5.41) is 3.75. The van der Waals surface area contributed by atoms with Gasteiger partial charge in [-0.25, -0.2) is 0 Å². The fourth-order valence-electron chi connectivity index (χ4n) is 1.27. The number of hydrogen-bond acceptors (Lipinski definition) is 2. The Balaban J connectivity index is 2.28. The van der Waals surface area contributed by atoms with Gasteiger partial charge in [-0.3, -0.25) is 0 Å². The first-order valence-corrected chi connectivity index (χ1v) is 5.44. The van der Waals surface area contributed by atoms with E-state index in [0.29, 0.717) is 0 Å². The number of hydrogen-bond donors (Lipinski definition) is 1. The van der Waals surface area contributed by atoms with Crippen molar-refractivity contribution in [2.24, 2.45) is 5.11 Å². The van der Waals surface area contributed by atoms with Gasteiger partial charge in [0.2, 0.25) is 0 Å². The standard InChI is InChI=1S/C12H10N2S/c13-14-11-8-4-5-9-12(11)15-10-6-2-1-3-7-10/h1-9,13H/p+1. The van der Waals surface area contributed by atoms with E-state index < -0.39 is 0 Å². The van der Waals surface area contributed by atoms with Gasteiger partial charge in [0.25, 0.3) is 0 Å². The fourth-order valence-corrected chi connectivity index (χ4v) is 2.18.